The topological polar surface area (TPSA) is 103 Å². The standard InChI is InChI=1S/C13H8ClN5O2S2/c14-7-2-1-3-8(6-7)23(20,21)13-12-16-11(15)10-9(4-5-22-10)19(12)18-17-13/h1-6H,(H2,15,16). The van der Waals surface area contributed by atoms with Gasteiger partial charge in [-0.2, -0.15) is 4.52 Å². The Morgan fingerprint density at radius 1 is 1.26 bits per heavy atom. The van der Waals surface area contributed by atoms with Crippen molar-refractivity contribution in [2.24, 2.45) is 0 Å². The van der Waals surface area contributed by atoms with E-state index < -0.39 is 9.84 Å². The molecule has 0 bridgehead atoms. The second kappa shape index (κ2) is 4.88. The van der Waals surface area contributed by atoms with Gasteiger partial charge in [-0.25, -0.2) is 13.4 Å². The van der Waals surface area contributed by atoms with Crippen LogP contribution in [-0.2, 0) is 9.84 Å². The number of hydrogen-bond acceptors (Lipinski definition) is 7. The van der Waals surface area contributed by atoms with Gasteiger partial charge in [-0.05, 0) is 29.6 Å². The Morgan fingerprint density at radius 2 is 2.09 bits per heavy atom. The van der Waals surface area contributed by atoms with Crippen LogP contribution in [0.1, 0.15) is 0 Å². The number of fused-ring (bicyclic) bond motifs is 3. The van der Waals surface area contributed by atoms with Crippen LogP contribution in [0.4, 0.5) is 5.82 Å². The van der Waals surface area contributed by atoms with Crippen molar-refractivity contribution in [1.29, 1.82) is 0 Å². The summed E-state index contributed by atoms with van der Waals surface area (Å²) in [6, 6.07) is 7.73. The molecular formula is C13H8ClN5O2S2. The minimum absolute atomic E-state index is 0.0261. The fourth-order valence-corrected chi connectivity index (χ4v) is 4.58. The molecule has 4 aromatic rings. The highest BCUT2D eigenvalue weighted by molar-refractivity contribution is 7.91. The van der Waals surface area contributed by atoms with Crippen LogP contribution in [0.2, 0.25) is 5.02 Å². The molecule has 10 heteroatoms. The maximum absolute atomic E-state index is 12.8. The Kier molecular flexibility index (Phi) is 3.05. The molecule has 116 valence electrons. The van der Waals surface area contributed by atoms with E-state index in [4.69, 9.17) is 17.3 Å². The van der Waals surface area contributed by atoms with Crippen LogP contribution in [0.3, 0.4) is 0 Å². The Morgan fingerprint density at radius 3 is 2.87 bits per heavy atom. The largest absolute Gasteiger partial charge is 0.382 e. The first-order valence-corrected chi connectivity index (χ1v) is 9.11. The molecule has 23 heavy (non-hydrogen) atoms. The van der Waals surface area contributed by atoms with Gasteiger partial charge in [-0.3, -0.25) is 0 Å². The summed E-state index contributed by atoms with van der Waals surface area (Å²) >= 11 is 7.28. The monoisotopic (exact) mass is 365 g/mol. The molecular weight excluding hydrogens is 358 g/mol. The summed E-state index contributed by atoms with van der Waals surface area (Å²) in [7, 11) is -3.91. The highest BCUT2D eigenvalue weighted by Crippen LogP contribution is 2.30. The van der Waals surface area contributed by atoms with Crippen molar-refractivity contribution in [2.75, 3.05) is 5.73 Å². The van der Waals surface area contributed by atoms with E-state index in [-0.39, 0.29) is 21.4 Å². The number of halogens is 1. The number of hydrogen-bond donors (Lipinski definition) is 1. The number of nitrogens with two attached hydrogens (primary N) is 1. The molecule has 0 radical (unpaired) electrons. The van der Waals surface area contributed by atoms with Crippen LogP contribution >= 0.6 is 22.9 Å². The summed E-state index contributed by atoms with van der Waals surface area (Å²) in [4.78, 5) is 4.19. The van der Waals surface area contributed by atoms with Gasteiger partial charge >= 0.3 is 0 Å². The number of nitrogens with zero attached hydrogens (tertiary/aromatic N) is 4. The average molecular weight is 366 g/mol. The Hall–Kier alpha value is -2.23. The van der Waals surface area contributed by atoms with Crippen molar-refractivity contribution in [2.45, 2.75) is 9.92 Å². The molecule has 0 amide bonds. The molecule has 0 saturated heterocycles. The molecule has 0 fully saturated rings. The number of aromatic nitrogens is 4. The smallest absolute Gasteiger partial charge is 0.229 e. The van der Waals surface area contributed by atoms with E-state index in [0.717, 1.165) is 4.70 Å². The summed E-state index contributed by atoms with van der Waals surface area (Å²) in [5.74, 6) is 0.243. The lowest BCUT2D eigenvalue weighted by Gasteiger charge is -2.03. The van der Waals surface area contributed by atoms with E-state index in [2.05, 4.69) is 15.3 Å². The van der Waals surface area contributed by atoms with Gasteiger partial charge in [0.25, 0.3) is 0 Å². The zero-order valence-electron chi connectivity index (χ0n) is 11.3. The number of nitrogen functional groups attached to an aromatic ring is 1. The summed E-state index contributed by atoms with van der Waals surface area (Å²) in [5, 5.41) is 9.62. The van der Waals surface area contributed by atoms with E-state index >= 15 is 0 Å². The highest BCUT2D eigenvalue weighted by Gasteiger charge is 2.27. The Bertz CT molecular complexity index is 1170. The molecule has 3 heterocycles. The molecule has 0 saturated carbocycles. The second-order valence-electron chi connectivity index (χ2n) is 4.72. The van der Waals surface area contributed by atoms with Gasteiger partial charge in [-0.15, -0.1) is 16.4 Å². The molecule has 0 unspecified atom stereocenters. The second-order valence-corrected chi connectivity index (χ2v) is 7.94. The molecule has 3 aromatic heterocycles. The molecule has 0 atom stereocenters. The number of sulfone groups is 1. The van der Waals surface area contributed by atoms with Crippen molar-refractivity contribution in [3.05, 3.63) is 40.7 Å². The van der Waals surface area contributed by atoms with Crippen molar-refractivity contribution in [3.8, 4) is 0 Å². The number of benzene rings is 1. The molecule has 7 nitrogen and oxygen atoms in total. The first-order chi connectivity index (χ1) is 11.0. The Labute approximate surface area is 139 Å². The SMILES string of the molecule is Nc1nc2c(S(=O)(=O)c3cccc(Cl)c3)nnn2c2ccsc12. The van der Waals surface area contributed by atoms with E-state index in [1.807, 2.05) is 5.38 Å². The molecule has 0 aliphatic carbocycles. The zero-order chi connectivity index (χ0) is 16.2. The fraction of sp³-hybridized carbons (Fsp3) is 0. The molecule has 0 aliphatic rings. The van der Waals surface area contributed by atoms with Gasteiger partial charge in [0.2, 0.25) is 14.9 Å². The van der Waals surface area contributed by atoms with Crippen LogP contribution in [0.5, 0.6) is 0 Å². The molecule has 1 aromatic carbocycles. The summed E-state index contributed by atoms with van der Waals surface area (Å²) in [5.41, 5.74) is 6.67. The lowest BCUT2D eigenvalue weighted by atomic mass is 10.4. The van der Waals surface area contributed by atoms with Crippen LogP contribution in [0, 0.1) is 0 Å². The van der Waals surface area contributed by atoms with Crippen molar-refractivity contribution in [1.82, 2.24) is 19.8 Å². The Balaban J connectivity index is 2.04. The molecule has 0 aliphatic heterocycles. The van der Waals surface area contributed by atoms with Gasteiger partial charge in [0, 0.05) is 5.02 Å². The van der Waals surface area contributed by atoms with E-state index in [1.165, 1.54) is 28.0 Å². The van der Waals surface area contributed by atoms with Gasteiger partial charge in [0.05, 0.1) is 15.1 Å². The summed E-state index contributed by atoms with van der Waals surface area (Å²) < 4.78 is 27.7. The first-order valence-electron chi connectivity index (χ1n) is 6.37. The maximum Gasteiger partial charge on any atom is 0.229 e. The minimum Gasteiger partial charge on any atom is -0.382 e. The molecule has 4 rings (SSSR count). The lowest BCUT2D eigenvalue weighted by Crippen LogP contribution is -2.05. The van der Waals surface area contributed by atoms with Gasteiger partial charge in [0.15, 0.2) is 5.65 Å². The minimum atomic E-state index is -3.91. The number of anilines is 1. The van der Waals surface area contributed by atoms with Crippen molar-refractivity contribution >= 4 is 54.5 Å². The lowest BCUT2D eigenvalue weighted by molar-refractivity contribution is 0.592. The third-order valence-electron chi connectivity index (χ3n) is 3.31. The normalized spacial score (nSPS) is 12.2. The van der Waals surface area contributed by atoms with Crippen LogP contribution in [-0.4, -0.2) is 28.2 Å². The maximum atomic E-state index is 12.8. The predicted octanol–water partition coefficient (Wildman–Crippen LogP) is 2.41. The molecule has 0 spiro atoms. The average Bonchev–Trinajstić information content (AvgIpc) is 3.13. The van der Waals surface area contributed by atoms with E-state index in [1.54, 1.807) is 18.2 Å². The van der Waals surface area contributed by atoms with Crippen LogP contribution in [0.25, 0.3) is 15.9 Å². The number of rotatable bonds is 2. The van der Waals surface area contributed by atoms with E-state index in [0.29, 0.717) is 10.5 Å². The van der Waals surface area contributed by atoms with Gasteiger partial charge in [-0.1, -0.05) is 22.9 Å². The van der Waals surface area contributed by atoms with Crippen molar-refractivity contribution < 1.29 is 8.42 Å². The quantitative estimate of drug-likeness (QED) is 0.585. The van der Waals surface area contributed by atoms with Crippen LogP contribution < -0.4 is 5.73 Å². The van der Waals surface area contributed by atoms with Gasteiger partial charge < -0.3 is 5.73 Å². The summed E-state index contributed by atoms with van der Waals surface area (Å²) in [6.07, 6.45) is 0. The third-order valence-corrected chi connectivity index (χ3v) is 6.12. The van der Waals surface area contributed by atoms with E-state index in [9.17, 15) is 8.42 Å². The van der Waals surface area contributed by atoms with Crippen molar-refractivity contribution in [3.63, 3.8) is 0 Å². The third kappa shape index (κ3) is 2.08. The highest BCUT2D eigenvalue weighted by atomic mass is 35.5. The number of thiophene rings is 1. The zero-order valence-corrected chi connectivity index (χ0v) is 13.7. The predicted molar refractivity (Wildman–Crippen MR) is 87.5 cm³/mol. The fourth-order valence-electron chi connectivity index (χ4n) is 2.27. The first kappa shape index (κ1) is 14.4. The van der Waals surface area contributed by atoms with Gasteiger partial charge in [0.1, 0.15) is 5.82 Å². The molecule has 2 N–H and O–H groups in total. The summed E-state index contributed by atoms with van der Waals surface area (Å²) in [6.45, 7) is 0. The van der Waals surface area contributed by atoms with Crippen LogP contribution in [0.15, 0.2) is 45.6 Å².